The van der Waals surface area contributed by atoms with Gasteiger partial charge in [0.25, 0.3) is 0 Å². The molecule has 3 fully saturated rings. The van der Waals surface area contributed by atoms with Crippen LogP contribution in [0.4, 0.5) is 4.39 Å². The molecular weight excluding hydrogens is 287 g/mol. The van der Waals surface area contributed by atoms with Gasteiger partial charge in [-0.25, -0.2) is 4.39 Å². The quantitative estimate of drug-likeness (QED) is 0.658. The summed E-state index contributed by atoms with van der Waals surface area (Å²) in [6.45, 7) is 6.75. The van der Waals surface area contributed by atoms with E-state index in [0.29, 0.717) is 24.7 Å². The Morgan fingerprint density at radius 3 is 2.78 bits per heavy atom. The van der Waals surface area contributed by atoms with Gasteiger partial charge in [0.1, 0.15) is 5.67 Å². The van der Waals surface area contributed by atoms with Crippen LogP contribution in [0.1, 0.15) is 65.7 Å². The minimum absolute atomic E-state index is 0.192. The van der Waals surface area contributed by atoms with Crippen LogP contribution in [-0.4, -0.2) is 16.9 Å². The molecular formula is C21H31FO. The summed E-state index contributed by atoms with van der Waals surface area (Å²) < 4.78 is 16.6. The number of fused-ring (bicyclic) bond motifs is 5. The number of aliphatic hydroxyl groups is 1. The summed E-state index contributed by atoms with van der Waals surface area (Å²) in [6.07, 6.45) is 12.5. The van der Waals surface area contributed by atoms with Crippen LogP contribution in [0.2, 0.25) is 0 Å². The van der Waals surface area contributed by atoms with Crippen molar-refractivity contribution >= 4 is 0 Å². The second-order valence-electron chi connectivity index (χ2n) is 9.02. The molecule has 23 heavy (non-hydrogen) atoms. The molecule has 0 bridgehead atoms. The fourth-order valence-electron chi connectivity index (χ4n) is 6.99. The number of rotatable bonds is 1. The van der Waals surface area contributed by atoms with E-state index in [1.54, 1.807) is 0 Å². The molecule has 0 aromatic carbocycles. The smallest absolute Gasteiger partial charge is 0.129 e. The Kier molecular flexibility index (Phi) is 3.41. The lowest BCUT2D eigenvalue weighted by Gasteiger charge is -2.61. The standard InChI is InChI=1S/C21H31FO/c1-4-14-8-9-16-18-17(23)13-15-7-5-6-10-20(15,3)21(18,22)12-11-19(14,16)2/h6-7,10,14,16-18,23H,4-5,8-9,11-13H2,1-3H3/t14-,16-,17?,18+,19+,20-,21+/m0/s1. The highest BCUT2D eigenvalue weighted by Gasteiger charge is 2.68. The molecule has 1 unspecified atom stereocenters. The molecule has 0 spiro atoms. The van der Waals surface area contributed by atoms with Gasteiger partial charge in [0.2, 0.25) is 0 Å². The molecule has 0 aliphatic heterocycles. The summed E-state index contributed by atoms with van der Waals surface area (Å²) in [5, 5.41) is 10.9. The average molecular weight is 318 g/mol. The maximum Gasteiger partial charge on any atom is 0.129 e. The molecule has 1 N–H and O–H groups in total. The van der Waals surface area contributed by atoms with Crippen LogP contribution < -0.4 is 0 Å². The van der Waals surface area contributed by atoms with Crippen LogP contribution >= 0.6 is 0 Å². The molecule has 4 rings (SSSR count). The second-order valence-corrected chi connectivity index (χ2v) is 9.02. The molecule has 3 saturated carbocycles. The number of hydrogen-bond donors (Lipinski definition) is 1. The summed E-state index contributed by atoms with van der Waals surface area (Å²) in [4.78, 5) is 0. The maximum atomic E-state index is 16.6. The largest absolute Gasteiger partial charge is 0.392 e. The predicted octanol–water partition coefficient (Wildman–Crippen LogP) is 5.20. The monoisotopic (exact) mass is 318 g/mol. The van der Waals surface area contributed by atoms with Crippen LogP contribution in [0.15, 0.2) is 23.8 Å². The Labute approximate surface area is 140 Å². The van der Waals surface area contributed by atoms with E-state index in [9.17, 15) is 5.11 Å². The minimum Gasteiger partial charge on any atom is -0.392 e. The zero-order valence-electron chi connectivity index (χ0n) is 14.8. The van der Waals surface area contributed by atoms with Crippen molar-refractivity contribution in [1.29, 1.82) is 0 Å². The van der Waals surface area contributed by atoms with Gasteiger partial charge in [0, 0.05) is 11.3 Å². The van der Waals surface area contributed by atoms with Crippen LogP contribution in [0.25, 0.3) is 0 Å². The Bertz CT molecular complexity index is 566. The van der Waals surface area contributed by atoms with Gasteiger partial charge in [-0.1, -0.05) is 44.1 Å². The third-order valence-corrected chi connectivity index (χ3v) is 8.41. The molecule has 0 saturated heterocycles. The van der Waals surface area contributed by atoms with Gasteiger partial charge in [-0.3, -0.25) is 0 Å². The van der Waals surface area contributed by atoms with Crippen LogP contribution in [-0.2, 0) is 0 Å². The highest BCUT2D eigenvalue weighted by atomic mass is 19.1. The van der Waals surface area contributed by atoms with Crippen LogP contribution in [0, 0.1) is 28.6 Å². The molecule has 0 amide bonds. The molecule has 0 radical (unpaired) electrons. The summed E-state index contributed by atoms with van der Waals surface area (Å²) in [7, 11) is 0. The first-order valence-electron chi connectivity index (χ1n) is 9.61. The molecule has 0 heterocycles. The van der Waals surface area contributed by atoms with Crippen molar-refractivity contribution in [3.05, 3.63) is 23.8 Å². The first-order chi connectivity index (χ1) is 10.9. The molecule has 4 aliphatic rings. The zero-order valence-corrected chi connectivity index (χ0v) is 14.8. The van der Waals surface area contributed by atoms with E-state index in [1.807, 2.05) is 0 Å². The van der Waals surface area contributed by atoms with E-state index in [0.717, 1.165) is 24.8 Å². The maximum absolute atomic E-state index is 16.6. The highest BCUT2D eigenvalue weighted by molar-refractivity contribution is 5.37. The first-order valence-corrected chi connectivity index (χ1v) is 9.61. The third-order valence-electron chi connectivity index (χ3n) is 8.41. The average Bonchev–Trinajstić information content (AvgIpc) is 2.85. The lowest BCUT2D eigenvalue weighted by Crippen LogP contribution is -2.63. The highest BCUT2D eigenvalue weighted by Crippen LogP contribution is 2.69. The fraction of sp³-hybridized carbons (Fsp3) is 0.810. The molecule has 2 heteroatoms. The number of halogens is 1. The number of hydrogen-bond acceptors (Lipinski definition) is 1. The molecule has 4 aliphatic carbocycles. The molecule has 0 aromatic heterocycles. The number of alkyl halides is 1. The van der Waals surface area contributed by atoms with Gasteiger partial charge in [-0.05, 0) is 62.7 Å². The Morgan fingerprint density at radius 2 is 2.04 bits per heavy atom. The van der Waals surface area contributed by atoms with Gasteiger partial charge in [-0.2, -0.15) is 0 Å². The van der Waals surface area contributed by atoms with Crippen molar-refractivity contribution < 1.29 is 9.50 Å². The van der Waals surface area contributed by atoms with E-state index < -0.39 is 17.2 Å². The molecule has 0 aromatic rings. The van der Waals surface area contributed by atoms with Crippen molar-refractivity contribution in [2.75, 3.05) is 0 Å². The van der Waals surface area contributed by atoms with Gasteiger partial charge >= 0.3 is 0 Å². The predicted molar refractivity (Wildman–Crippen MR) is 91.7 cm³/mol. The van der Waals surface area contributed by atoms with Crippen molar-refractivity contribution in [3.8, 4) is 0 Å². The Balaban J connectivity index is 1.79. The Hall–Kier alpha value is -0.630. The van der Waals surface area contributed by atoms with Gasteiger partial charge < -0.3 is 5.11 Å². The van der Waals surface area contributed by atoms with Crippen LogP contribution in [0.3, 0.4) is 0 Å². The summed E-state index contributed by atoms with van der Waals surface area (Å²) in [5.41, 5.74) is -0.410. The fourth-order valence-corrected chi connectivity index (χ4v) is 6.99. The van der Waals surface area contributed by atoms with E-state index in [2.05, 4.69) is 39.0 Å². The lowest BCUT2D eigenvalue weighted by atomic mass is 9.45. The zero-order chi connectivity index (χ0) is 16.5. The topological polar surface area (TPSA) is 20.2 Å². The molecule has 1 nitrogen and oxygen atoms in total. The normalized spacial score (nSPS) is 54.9. The van der Waals surface area contributed by atoms with E-state index >= 15 is 4.39 Å². The third kappa shape index (κ3) is 1.82. The van der Waals surface area contributed by atoms with E-state index in [1.165, 1.54) is 12.8 Å². The minimum atomic E-state index is -1.28. The first kappa shape index (κ1) is 15.9. The van der Waals surface area contributed by atoms with E-state index in [4.69, 9.17) is 0 Å². The van der Waals surface area contributed by atoms with Crippen molar-refractivity contribution in [2.24, 2.45) is 28.6 Å². The summed E-state index contributed by atoms with van der Waals surface area (Å²) in [6, 6.07) is 0. The molecule has 128 valence electrons. The van der Waals surface area contributed by atoms with Crippen molar-refractivity contribution in [2.45, 2.75) is 77.5 Å². The summed E-state index contributed by atoms with van der Waals surface area (Å²) >= 11 is 0. The molecule has 7 atom stereocenters. The van der Waals surface area contributed by atoms with Crippen molar-refractivity contribution in [1.82, 2.24) is 0 Å². The van der Waals surface area contributed by atoms with Gasteiger partial charge in [0.05, 0.1) is 6.10 Å². The van der Waals surface area contributed by atoms with Crippen molar-refractivity contribution in [3.63, 3.8) is 0 Å². The second kappa shape index (κ2) is 4.94. The van der Waals surface area contributed by atoms with Gasteiger partial charge in [0.15, 0.2) is 0 Å². The SMILES string of the molecule is CC[C@H]1CC[C@H]2[C@@H]3C(O)CC4=CCC=C[C@]4(C)[C@@]3(F)CC[C@]12C. The number of aliphatic hydroxyl groups excluding tert-OH is 1. The lowest BCUT2D eigenvalue weighted by molar-refractivity contribution is -0.168. The van der Waals surface area contributed by atoms with Crippen LogP contribution in [0.5, 0.6) is 0 Å². The number of allylic oxidation sites excluding steroid dienone is 3. The Morgan fingerprint density at radius 1 is 1.26 bits per heavy atom. The van der Waals surface area contributed by atoms with E-state index in [-0.39, 0.29) is 11.3 Å². The van der Waals surface area contributed by atoms with Gasteiger partial charge in [-0.15, -0.1) is 0 Å². The summed E-state index contributed by atoms with van der Waals surface area (Å²) in [5.74, 6) is 0.855.